The maximum atomic E-state index is 15.0. The van der Waals surface area contributed by atoms with Crippen molar-refractivity contribution in [1.29, 1.82) is 0 Å². The third-order valence-corrected chi connectivity index (χ3v) is 5.77. The Labute approximate surface area is 196 Å². The van der Waals surface area contributed by atoms with Crippen LogP contribution >= 0.6 is 46.4 Å². The Morgan fingerprint density at radius 1 is 0.484 bits per heavy atom. The Balaban J connectivity index is 1.79. The van der Waals surface area contributed by atoms with Gasteiger partial charge in [-0.3, -0.25) is 0 Å². The molecule has 0 bridgehead atoms. The summed E-state index contributed by atoms with van der Waals surface area (Å²) in [6, 6.07) is 15.6. The first-order valence-electron chi connectivity index (χ1n) is 8.94. The van der Waals surface area contributed by atoms with Gasteiger partial charge in [-0.05, 0) is 65.2 Å². The van der Waals surface area contributed by atoms with E-state index in [1.807, 2.05) is 0 Å². The fourth-order valence-corrected chi connectivity index (χ4v) is 4.51. The second kappa shape index (κ2) is 8.76. The van der Waals surface area contributed by atoms with Gasteiger partial charge >= 0.3 is 0 Å². The third-order valence-electron chi connectivity index (χ3n) is 4.72. The minimum atomic E-state index is -0.706. The lowest BCUT2D eigenvalue weighted by molar-refractivity contribution is 0.589. The van der Waals surface area contributed by atoms with E-state index in [9.17, 15) is 8.78 Å². The molecule has 0 fully saturated rings. The van der Waals surface area contributed by atoms with Crippen LogP contribution in [0.25, 0.3) is 33.4 Å². The Kier molecular flexibility index (Phi) is 6.23. The molecule has 0 aromatic heterocycles. The molecule has 0 atom stereocenters. The second-order valence-electron chi connectivity index (χ2n) is 6.76. The highest BCUT2D eigenvalue weighted by molar-refractivity contribution is 6.36. The average Bonchev–Trinajstić information content (AvgIpc) is 2.66. The van der Waals surface area contributed by atoms with Crippen molar-refractivity contribution in [2.75, 3.05) is 0 Å². The average molecular weight is 498 g/mol. The van der Waals surface area contributed by atoms with E-state index < -0.39 is 17.5 Å². The minimum Gasteiger partial charge on any atom is -0.206 e. The predicted molar refractivity (Wildman–Crippen MR) is 123 cm³/mol. The number of halogens is 7. The van der Waals surface area contributed by atoms with E-state index in [0.717, 1.165) is 12.1 Å². The summed E-state index contributed by atoms with van der Waals surface area (Å²) in [5, 5.41) is 1.02. The van der Waals surface area contributed by atoms with Crippen LogP contribution < -0.4 is 0 Å². The van der Waals surface area contributed by atoms with Crippen molar-refractivity contribution < 1.29 is 13.2 Å². The largest absolute Gasteiger partial charge is 0.206 e. The highest BCUT2D eigenvalue weighted by Crippen LogP contribution is 2.40. The van der Waals surface area contributed by atoms with Crippen LogP contribution in [-0.4, -0.2) is 0 Å². The number of rotatable bonds is 3. The summed E-state index contributed by atoms with van der Waals surface area (Å²) in [5.74, 6) is -2.01. The molecule has 7 heteroatoms. The van der Waals surface area contributed by atoms with Gasteiger partial charge in [-0.25, -0.2) is 13.2 Å². The van der Waals surface area contributed by atoms with Crippen molar-refractivity contribution in [2.45, 2.75) is 0 Å². The van der Waals surface area contributed by atoms with Crippen LogP contribution in [0, 0.1) is 17.5 Å². The standard InChI is InChI=1S/C24H11Cl4F3/c25-15-6-14(7-16(26)11-15)23-19(28)9-13(10-22(23)31)17-5-4-12(8-18(17)27)24-20(29)2-1-3-21(24)30/h1-11H. The van der Waals surface area contributed by atoms with Gasteiger partial charge in [0.25, 0.3) is 0 Å². The number of hydrogen-bond acceptors (Lipinski definition) is 0. The fraction of sp³-hybridized carbons (Fsp3) is 0. The molecule has 0 aliphatic carbocycles. The lowest BCUT2D eigenvalue weighted by atomic mass is 9.97. The fourth-order valence-electron chi connectivity index (χ4n) is 3.38. The molecular weight excluding hydrogens is 487 g/mol. The van der Waals surface area contributed by atoms with E-state index in [4.69, 9.17) is 46.4 Å². The Morgan fingerprint density at radius 3 is 1.68 bits per heavy atom. The summed E-state index contributed by atoms with van der Waals surface area (Å²) in [6.07, 6.45) is 0. The van der Waals surface area contributed by atoms with Crippen molar-refractivity contribution in [1.82, 2.24) is 0 Å². The number of hydrogen-bond donors (Lipinski definition) is 0. The molecule has 0 heterocycles. The zero-order chi connectivity index (χ0) is 22.3. The van der Waals surface area contributed by atoms with Crippen LogP contribution in [0.2, 0.25) is 20.1 Å². The highest BCUT2D eigenvalue weighted by atomic mass is 35.5. The molecule has 0 aliphatic rings. The first kappa shape index (κ1) is 22.0. The van der Waals surface area contributed by atoms with E-state index in [0.29, 0.717) is 26.7 Å². The van der Waals surface area contributed by atoms with Crippen LogP contribution in [-0.2, 0) is 0 Å². The third kappa shape index (κ3) is 4.42. The van der Waals surface area contributed by atoms with Crippen molar-refractivity contribution in [3.63, 3.8) is 0 Å². The first-order valence-corrected chi connectivity index (χ1v) is 10.5. The molecule has 31 heavy (non-hydrogen) atoms. The Morgan fingerprint density at radius 2 is 1.10 bits per heavy atom. The van der Waals surface area contributed by atoms with Gasteiger partial charge in [0, 0.05) is 26.2 Å². The molecule has 0 amide bonds. The summed E-state index contributed by atoms with van der Waals surface area (Å²) >= 11 is 24.8. The Hall–Kier alpha value is -2.17. The topological polar surface area (TPSA) is 0 Å². The van der Waals surface area contributed by atoms with Gasteiger partial charge in [0.05, 0.1) is 10.6 Å². The minimum absolute atomic E-state index is 0.133. The maximum Gasteiger partial charge on any atom is 0.133 e. The summed E-state index contributed by atoms with van der Waals surface area (Å²) in [6.45, 7) is 0. The molecule has 0 aliphatic heterocycles. The molecular formula is C24H11Cl4F3. The molecule has 156 valence electrons. The number of benzene rings is 4. The normalized spacial score (nSPS) is 11.1. The van der Waals surface area contributed by atoms with E-state index in [1.54, 1.807) is 24.3 Å². The predicted octanol–water partition coefficient (Wildman–Crippen LogP) is 9.72. The maximum absolute atomic E-state index is 15.0. The van der Waals surface area contributed by atoms with Crippen molar-refractivity contribution in [2.24, 2.45) is 0 Å². The molecule has 0 spiro atoms. The molecule has 0 unspecified atom stereocenters. The molecule has 0 radical (unpaired) electrons. The van der Waals surface area contributed by atoms with Gasteiger partial charge in [-0.15, -0.1) is 0 Å². The van der Waals surface area contributed by atoms with Gasteiger partial charge in [0.15, 0.2) is 0 Å². The van der Waals surface area contributed by atoms with Gasteiger partial charge < -0.3 is 0 Å². The molecule has 4 rings (SSSR count). The molecule has 0 saturated carbocycles. The van der Waals surface area contributed by atoms with E-state index >= 15 is 4.39 Å². The van der Waals surface area contributed by atoms with Crippen LogP contribution in [0.5, 0.6) is 0 Å². The quantitative estimate of drug-likeness (QED) is 0.264. The van der Waals surface area contributed by atoms with Crippen molar-refractivity contribution in [3.05, 3.63) is 104 Å². The second-order valence-corrected chi connectivity index (χ2v) is 8.45. The van der Waals surface area contributed by atoms with Crippen molar-refractivity contribution in [3.8, 4) is 33.4 Å². The van der Waals surface area contributed by atoms with Crippen LogP contribution in [0.4, 0.5) is 13.2 Å². The Bertz CT molecular complexity index is 1250. The lowest BCUT2D eigenvalue weighted by Crippen LogP contribution is -1.92. The van der Waals surface area contributed by atoms with Crippen LogP contribution in [0.15, 0.2) is 66.7 Å². The van der Waals surface area contributed by atoms with E-state index in [2.05, 4.69) is 0 Å². The van der Waals surface area contributed by atoms with Gasteiger partial charge in [-0.2, -0.15) is 0 Å². The van der Waals surface area contributed by atoms with E-state index in [1.165, 1.54) is 30.3 Å². The smallest absolute Gasteiger partial charge is 0.133 e. The van der Waals surface area contributed by atoms with Crippen LogP contribution in [0.1, 0.15) is 0 Å². The molecule has 4 aromatic carbocycles. The molecule has 0 saturated heterocycles. The molecule has 0 N–H and O–H groups in total. The van der Waals surface area contributed by atoms with Crippen LogP contribution in [0.3, 0.4) is 0 Å². The van der Waals surface area contributed by atoms with Crippen molar-refractivity contribution >= 4 is 46.4 Å². The van der Waals surface area contributed by atoms with E-state index in [-0.39, 0.29) is 26.7 Å². The first-order chi connectivity index (χ1) is 14.7. The highest BCUT2D eigenvalue weighted by Gasteiger charge is 2.17. The monoisotopic (exact) mass is 496 g/mol. The summed E-state index contributed by atoms with van der Waals surface area (Å²) in [7, 11) is 0. The van der Waals surface area contributed by atoms with Gasteiger partial charge in [-0.1, -0.05) is 64.6 Å². The molecule has 4 aromatic rings. The summed E-state index contributed by atoms with van der Waals surface area (Å²) < 4.78 is 43.2. The zero-order valence-electron chi connectivity index (χ0n) is 15.5. The summed E-state index contributed by atoms with van der Waals surface area (Å²) in [4.78, 5) is 0. The SMILES string of the molecule is Fc1cccc(F)c1-c1ccc(-c2cc(F)c(-c3cc(Cl)cc(Cl)c3)c(Cl)c2)c(Cl)c1. The zero-order valence-corrected chi connectivity index (χ0v) is 18.5. The summed E-state index contributed by atoms with van der Waals surface area (Å²) in [5.41, 5.74) is 1.53. The van der Waals surface area contributed by atoms with Gasteiger partial charge in [0.2, 0.25) is 0 Å². The lowest BCUT2D eigenvalue weighted by Gasteiger charge is -2.13. The van der Waals surface area contributed by atoms with Gasteiger partial charge in [0.1, 0.15) is 17.5 Å². The molecule has 0 nitrogen and oxygen atoms in total.